The lowest BCUT2D eigenvalue weighted by Crippen LogP contribution is -2.10. The van der Waals surface area contributed by atoms with Gasteiger partial charge >= 0.3 is 0 Å². The Balaban J connectivity index is 3.14. The van der Waals surface area contributed by atoms with Gasteiger partial charge in [0, 0.05) is 4.90 Å². The van der Waals surface area contributed by atoms with Crippen LogP contribution in [0.1, 0.15) is 31.9 Å². The van der Waals surface area contributed by atoms with Gasteiger partial charge in [0.05, 0.1) is 0 Å². The van der Waals surface area contributed by atoms with Gasteiger partial charge in [-0.1, -0.05) is 32.9 Å². The molecule has 0 nitrogen and oxygen atoms in total. The average molecular weight is 180 g/mol. The maximum absolute atomic E-state index is 4.34. The maximum Gasteiger partial charge on any atom is 0.00694 e. The lowest BCUT2D eigenvalue weighted by atomic mass is 9.86. The molecule has 0 aromatic heterocycles. The van der Waals surface area contributed by atoms with Gasteiger partial charge in [0.25, 0.3) is 0 Å². The highest BCUT2D eigenvalue weighted by Gasteiger charge is 2.13. The number of benzene rings is 1. The summed E-state index contributed by atoms with van der Waals surface area (Å²) >= 11 is 4.34. The van der Waals surface area contributed by atoms with Crippen LogP contribution in [0.15, 0.2) is 23.1 Å². The molecule has 0 heterocycles. The molecule has 0 fully saturated rings. The first kappa shape index (κ1) is 9.66. The van der Waals surface area contributed by atoms with Crippen molar-refractivity contribution in [2.75, 3.05) is 0 Å². The summed E-state index contributed by atoms with van der Waals surface area (Å²) in [4.78, 5) is 1.07. The highest BCUT2D eigenvalue weighted by Crippen LogP contribution is 2.25. The fourth-order valence-corrected chi connectivity index (χ4v) is 1.26. The van der Waals surface area contributed by atoms with Gasteiger partial charge in [0.2, 0.25) is 0 Å². The van der Waals surface area contributed by atoms with Crippen LogP contribution in [-0.4, -0.2) is 0 Å². The molecule has 0 saturated carbocycles. The van der Waals surface area contributed by atoms with Crippen molar-refractivity contribution in [2.24, 2.45) is 0 Å². The van der Waals surface area contributed by atoms with Gasteiger partial charge in [-0.2, -0.15) is 0 Å². The predicted molar refractivity (Wildman–Crippen MR) is 57.1 cm³/mol. The Morgan fingerprint density at radius 2 is 1.75 bits per heavy atom. The van der Waals surface area contributed by atoms with Crippen LogP contribution in [0.5, 0.6) is 0 Å². The van der Waals surface area contributed by atoms with Crippen LogP contribution in [0, 0.1) is 6.92 Å². The Morgan fingerprint density at radius 1 is 1.17 bits per heavy atom. The zero-order chi connectivity index (χ0) is 9.35. The average Bonchev–Trinajstić information content (AvgIpc) is 1.92. The molecule has 0 unspecified atom stereocenters. The normalized spacial score (nSPS) is 11.8. The van der Waals surface area contributed by atoms with Crippen LogP contribution >= 0.6 is 12.6 Å². The monoisotopic (exact) mass is 180 g/mol. The molecule has 0 bridgehead atoms. The molecule has 66 valence electrons. The third-order valence-corrected chi connectivity index (χ3v) is 2.56. The topological polar surface area (TPSA) is 0 Å². The van der Waals surface area contributed by atoms with Gasteiger partial charge < -0.3 is 0 Å². The van der Waals surface area contributed by atoms with E-state index in [2.05, 4.69) is 58.5 Å². The quantitative estimate of drug-likeness (QED) is 0.580. The fourth-order valence-electron chi connectivity index (χ4n) is 1.12. The molecule has 1 rings (SSSR count). The Hall–Kier alpha value is -0.430. The highest BCUT2D eigenvalue weighted by molar-refractivity contribution is 7.80. The van der Waals surface area contributed by atoms with Crippen LogP contribution in [0.25, 0.3) is 0 Å². The van der Waals surface area contributed by atoms with Crippen molar-refractivity contribution in [3.8, 4) is 0 Å². The van der Waals surface area contributed by atoms with Crippen molar-refractivity contribution < 1.29 is 0 Å². The smallest absolute Gasteiger partial charge is 0.00694 e. The number of hydrogen-bond donors (Lipinski definition) is 1. The molecule has 0 spiro atoms. The van der Waals surface area contributed by atoms with Crippen LogP contribution in [-0.2, 0) is 5.41 Å². The minimum absolute atomic E-state index is 0.242. The number of thiol groups is 1. The molecule has 0 N–H and O–H groups in total. The fraction of sp³-hybridized carbons (Fsp3) is 0.455. The van der Waals surface area contributed by atoms with Crippen LogP contribution in [0.4, 0.5) is 0 Å². The molecule has 0 aliphatic carbocycles. The van der Waals surface area contributed by atoms with Crippen molar-refractivity contribution in [3.63, 3.8) is 0 Å². The Morgan fingerprint density at radius 3 is 2.17 bits per heavy atom. The summed E-state index contributed by atoms with van der Waals surface area (Å²) in [6.07, 6.45) is 0. The number of aryl methyl sites for hydroxylation is 1. The third-order valence-electron chi connectivity index (χ3n) is 2.06. The number of rotatable bonds is 0. The lowest BCUT2D eigenvalue weighted by molar-refractivity contribution is 0.589. The largest absolute Gasteiger partial charge is 0.143 e. The molecule has 0 saturated heterocycles. The summed E-state index contributed by atoms with van der Waals surface area (Å²) in [5.74, 6) is 0. The van der Waals surface area contributed by atoms with Gasteiger partial charge in [-0.05, 0) is 29.5 Å². The summed E-state index contributed by atoms with van der Waals surface area (Å²) in [5, 5.41) is 0. The van der Waals surface area contributed by atoms with E-state index >= 15 is 0 Å². The summed E-state index contributed by atoms with van der Waals surface area (Å²) < 4.78 is 0. The molecule has 0 atom stereocenters. The first-order valence-electron chi connectivity index (χ1n) is 4.21. The first-order valence-corrected chi connectivity index (χ1v) is 4.66. The summed E-state index contributed by atoms with van der Waals surface area (Å²) in [5.41, 5.74) is 2.87. The molecule has 1 aromatic carbocycles. The van der Waals surface area contributed by atoms with Crippen molar-refractivity contribution in [1.29, 1.82) is 0 Å². The molecule has 12 heavy (non-hydrogen) atoms. The zero-order valence-corrected chi connectivity index (χ0v) is 9.07. The second kappa shape index (κ2) is 3.14. The first-order chi connectivity index (χ1) is 5.41. The summed E-state index contributed by atoms with van der Waals surface area (Å²) in [6, 6.07) is 6.43. The molecule has 0 amide bonds. The predicted octanol–water partition coefficient (Wildman–Crippen LogP) is 3.58. The second-order valence-corrected chi connectivity index (χ2v) is 4.73. The van der Waals surface area contributed by atoms with E-state index in [4.69, 9.17) is 0 Å². The Bertz CT molecular complexity index is 282. The van der Waals surface area contributed by atoms with Crippen molar-refractivity contribution in [2.45, 2.75) is 38.0 Å². The minimum Gasteiger partial charge on any atom is -0.143 e. The Kier molecular flexibility index (Phi) is 2.52. The molecule has 0 aliphatic heterocycles. The van der Waals surface area contributed by atoms with E-state index in [0.717, 1.165) is 4.90 Å². The van der Waals surface area contributed by atoms with E-state index in [1.54, 1.807) is 0 Å². The van der Waals surface area contributed by atoms with E-state index in [1.165, 1.54) is 11.1 Å². The van der Waals surface area contributed by atoms with Crippen LogP contribution < -0.4 is 0 Å². The molecule has 1 aromatic rings. The van der Waals surface area contributed by atoms with E-state index < -0.39 is 0 Å². The number of hydrogen-bond acceptors (Lipinski definition) is 1. The van der Waals surface area contributed by atoms with Crippen molar-refractivity contribution >= 4 is 12.6 Å². The molecular weight excluding hydrogens is 164 g/mol. The summed E-state index contributed by atoms with van der Waals surface area (Å²) in [6.45, 7) is 8.76. The second-order valence-electron chi connectivity index (χ2n) is 4.25. The van der Waals surface area contributed by atoms with Crippen molar-refractivity contribution in [3.05, 3.63) is 29.3 Å². The van der Waals surface area contributed by atoms with Gasteiger partial charge in [-0.3, -0.25) is 0 Å². The van der Waals surface area contributed by atoms with E-state index in [0.29, 0.717) is 0 Å². The summed E-state index contributed by atoms with van der Waals surface area (Å²) in [7, 11) is 0. The van der Waals surface area contributed by atoms with Crippen LogP contribution in [0.3, 0.4) is 0 Å². The molecule has 1 heteroatoms. The van der Waals surface area contributed by atoms with E-state index in [1.807, 2.05) is 0 Å². The van der Waals surface area contributed by atoms with Gasteiger partial charge in [-0.15, -0.1) is 12.6 Å². The highest BCUT2D eigenvalue weighted by atomic mass is 32.1. The lowest BCUT2D eigenvalue weighted by Gasteiger charge is -2.19. The third kappa shape index (κ3) is 2.04. The van der Waals surface area contributed by atoms with Crippen LogP contribution in [0.2, 0.25) is 0 Å². The van der Waals surface area contributed by atoms with E-state index in [-0.39, 0.29) is 5.41 Å². The van der Waals surface area contributed by atoms with Crippen molar-refractivity contribution in [1.82, 2.24) is 0 Å². The van der Waals surface area contributed by atoms with E-state index in [9.17, 15) is 0 Å². The Labute approximate surface area is 80.4 Å². The minimum atomic E-state index is 0.242. The zero-order valence-electron chi connectivity index (χ0n) is 8.18. The standard InChI is InChI=1S/C11H16S/c1-8-7-9(11(2,3)4)5-6-10(8)12/h5-7,12H,1-4H3. The van der Waals surface area contributed by atoms with Gasteiger partial charge in [0.15, 0.2) is 0 Å². The SMILES string of the molecule is Cc1cc(C(C)(C)C)ccc1S. The van der Waals surface area contributed by atoms with Gasteiger partial charge in [-0.25, -0.2) is 0 Å². The van der Waals surface area contributed by atoms with Gasteiger partial charge in [0.1, 0.15) is 0 Å². The maximum atomic E-state index is 4.34. The molecule has 0 aliphatic rings. The molecular formula is C11H16S. The molecule has 0 radical (unpaired) electrons.